The first-order chi connectivity index (χ1) is 18.5. The third-order valence-electron chi connectivity index (χ3n) is 6.73. The standard InChI is InChI=1S/C25H24ClN5O8/c26-23-29-18(27)16-19(30-23)31(12-28-16)20-17(32)24(37,9-8-13-6-7-13)15(39-20)11-38-25(21(33)34,22(35)36)10-14-4-2-1-3-5-14/h1-5,12-13,15,17,20,32,37H,6-7,10-11H2,(H,33,34)(H,35,36)(H2,27,29,30)/t15-,17+,20?,24-/m1/s1. The summed E-state index contributed by atoms with van der Waals surface area (Å²) < 4.78 is 12.8. The Morgan fingerprint density at radius 1 is 1.23 bits per heavy atom. The van der Waals surface area contributed by atoms with E-state index in [0.29, 0.717) is 5.56 Å². The number of anilines is 1. The summed E-state index contributed by atoms with van der Waals surface area (Å²) in [7, 11) is 0. The molecule has 4 atom stereocenters. The number of fused-ring (bicyclic) bond motifs is 1. The monoisotopic (exact) mass is 557 g/mol. The van der Waals surface area contributed by atoms with Crippen LogP contribution in [-0.4, -0.2) is 81.9 Å². The van der Waals surface area contributed by atoms with Crippen molar-refractivity contribution < 1.29 is 39.5 Å². The van der Waals surface area contributed by atoms with E-state index >= 15 is 0 Å². The Hall–Kier alpha value is -3.80. The van der Waals surface area contributed by atoms with Crippen molar-refractivity contribution >= 4 is 40.5 Å². The number of nitrogens with zero attached hydrogens (tertiary/aromatic N) is 4. The molecule has 0 bridgehead atoms. The summed E-state index contributed by atoms with van der Waals surface area (Å²) in [6.07, 6.45) is -2.12. The molecule has 5 rings (SSSR count). The topological polar surface area (TPSA) is 203 Å². The van der Waals surface area contributed by atoms with Crippen molar-refractivity contribution in [1.29, 1.82) is 0 Å². The second-order valence-electron chi connectivity index (χ2n) is 9.44. The van der Waals surface area contributed by atoms with Gasteiger partial charge in [-0.05, 0) is 30.0 Å². The van der Waals surface area contributed by atoms with E-state index in [1.807, 2.05) is 0 Å². The number of aliphatic hydroxyl groups is 2. The lowest BCUT2D eigenvalue weighted by atomic mass is 9.91. The van der Waals surface area contributed by atoms with Gasteiger partial charge < -0.3 is 35.6 Å². The summed E-state index contributed by atoms with van der Waals surface area (Å²) in [5.41, 5.74) is 1.56. The molecule has 0 amide bonds. The molecular weight excluding hydrogens is 534 g/mol. The Labute approximate surface area is 226 Å². The van der Waals surface area contributed by atoms with Crippen molar-refractivity contribution in [2.24, 2.45) is 5.92 Å². The van der Waals surface area contributed by atoms with Crippen molar-refractivity contribution in [3.63, 3.8) is 0 Å². The molecule has 3 aromatic rings. The highest BCUT2D eigenvalue weighted by Gasteiger charge is 2.58. The zero-order valence-corrected chi connectivity index (χ0v) is 21.0. The molecule has 1 unspecified atom stereocenters. The SMILES string of the molecule is Nc1nc(Cl)nc2c1ncn2C1O[C@H](COC(Cc2ccccc2)(C(=O)O)C(=O)O)[C@](O)(C#CC2CC2)[C@H]1O. The van der Waals surface area contributed by atoms with Crippen LogP contribution in [-0.2, 0) is 25.5 Å². The van der Waals surface area contributed by atoms with Crippen molar-refractivity contribution in [2.75, 3.05) is 12.3 Å². The number of hydrogen-bond donors (Lipinski definition) is 5. The first kappa shape index (κ1) is 26.8. The average molecular weight is 558 g/mol. The van der Waals surface area contributed by atoms with Crippen molar-refractivity contribution in [3.05, 3.63) is 47.5 Å². The molecule has 0 spiro atoms. The van der Waals surface area contributed by atoms with Crippen LogP contribution in [0.2, 0.25) is 5.28 Å². The minimum absolute atomic E-state index is 0.0199. The van der Waals surface area contributed by atoms with Crippen molar-refractivity contribution in [3.8, 4) is 11.8 Å². The summed E-state index contributed by atoms with van der Waals surface area (Å²) >= 11 is 5.95. The summed E-state index contributed by atoms with van der Waals surface area (Å²) in [6, 6.07) is 8.10. The zero-order valence-electron chi connectivity index (χ0n) is 20.3. The van der Waals surface area contributed by atoms with Crippen LogP contribution in [0.3, 0.4) is 0 Å². The van der Waals surface area contributed by atoms with E-state index in [4.69, 9.17) is 26.8 Å². The number of nitrogen functional groups attached to an aromatic ring is 1. The summed E-state index contributed by atoms with van der Waals surface area (Å²) in [4.78, 5) is 36.5. The molecule has 3 heterocycles. The molecule has 1 saturated heterocycles. The molecule has 39 heavy (non-hydrogen) atoms. The van der Waals surface area contributed by atoms with Crippen molar-refractivity contribution in [1.82, 2.24) is 19.5 Å². The average Bonchev–Trinajstić information content (AvgIpc) is 3.58. The second kappa shape index (κ2) is 10.1. The normalized spacial score (nSPS) is 24.8. The zero-order chi connectivity index (χ0) is 27.9. The molecule has 6 N–H and O–H groups in total. The van der Waals surface area contributed by atoms with E-state index in [2.05, 4.69) is 26.8 Å². The maximum absolute atomic E-state index is 12.2. The summed E-state index contributed by atoms with van der Waals surface area (Å²) in [6.45, 7) is -0.737. The Kier molecular flexibility index (Phi) is 6.91. The molecule has 13 nitrogen and oxygen atoms in total. The number of benzene rings is 1. The molecule has 0 radical (unpaired) electrons. The lowest BCUT2D eigenvalue weighted by molar-refractivity contribution is -0.191. The Morgan fingerprint density at radius 3 is 2.56 bits per heavy atom. The number of nitrogens with two attached hydrogens (primary N) is 1. The first-order valence-corrected chi connectivity index (χ1v) is 12.3. The largest absolute Gasteiger partial charge is 0.479 e. The molecule has 204 valence electrons. The summed E-state index contributed by atoms with van der Waals surface area (Å²) in [5.74, 6) is 2.06. The maximum atomic E-state index is 12.2. The van der Waals surface area contributed by atoms with E-state index in [9.17, 15) is 30.0 Å². The van der Waals surface area contributed by atoms with Gasteiger partial charge in [0.2, 0.25) is 5.28 Å². The minimum Gasteiger partial charge on any atom is -0.479 e. The number of hydrogen-bond acceptors (Lipinski definition) is 10. The molecule has 2 aliphatic rings. The number of carboxylic acids is 2. The van der Waals surface area contributed by atoms with Gasteiger partial charge in [0, 0.05) is 12.3 Å². The van der Waals surface area contributed by atoms with E-state index in [0.717, 1.165) is 12.8 Å². The van der Waals surface area contributed by atoms with Gasteiger partial charge in [-0.1, -0.05) is 42.2 Å². The minimum atomic E-state index is -2.71. The maximum Gasteiger partial charge on any atom is 0.348 e. The number of ether oxygens (including phenoxy) is 2. The molecule has 1 saturated carbocycles. The molecule has 2 fully saturated rings. The van der Waals surface area contributed by atoms with E-state index in [-0.39, 0.29) is 28.2 Å². The molecular formula is C25H24ClN5O8. The lowest BCUT2D eigenvalue weighted by Crippen LogP contribution is -2.55. The number of rotatable bonds is 8. The number of aliphatic hydroxyl groups excluding tert-OH is 1. The highest BCUT2D eigenvalue weighted by Crippen LogP contribution is 2.40. The Morgan fingerprint density at radius 2 is 1.92 bits per heavy atom. The van der Waals surface area contributed by atoms with Crippen LogP contribution in [0.1, 0.15) is 24.6 Å². The number of aromatic nitrogens is 4. The fourth-order valence-electron chi connectivity index (χ4n) is 4.35. The number of halogens is 1. The predicted octanol–water partition coefficient (Wildman–Crippen LogP) is 0.632. The molecule has 2 aromatic heterocycles. The van der Waals surface area contributed by atoms with Crippen molar-refractivity contribution in [2.45, 2.75) is 48.9 Å². The molecule has 14 heteroatoms. The fraction of sp³-hybridized carbons (Fsp3) is 0.400. The van der Waals surface area contributed by atoms with Crippen LogP contribution in [0.5, 0.6) is 0 Å². The van der Waals surface area contributed by atoms with Crippen LogP contribution in [0.15, 0.2) is 36.7 Å². The molecule has 1 aromatic carbocycles. The highest BCUT2D eigenvalue weighted by atomic mass is 35.5. The van der Waals surface area contributed by atoms with E-state index in [1.165, 1.54) is 10.9 Å². The van der Waals surface area contributed by atoms with Crippen LogP contribution in [0, 0.1) is 17.8 Å². The van der Waals surface area contributed by atoms with Gasteiger partial charge >= 0.3 is 11.9 Å². The van der Waals surface area contributed by atoms with Gasteiger partial charge in [0.25, 0.3) is 5.60 Å². The second-order valence-corrected chi connectivity index (χ2v) is 9.78. The fourth-order valence-corrected chi connectivity index (χ4v) is 4.52. The third-order valence-corrected chi connectivity index (χ3v) is 6.90. The van der Waals surface area contributed by atoms with Crippen LogP contribution in [0.4, 0.5) is 5.82 Å². The van der Waals surface area contributed by atoms with Gasteiger partial charge in [-0.2, -0.15) is 9.97 Å². The molecule has 1 aliphatic carbocycles. The number of imidazole rings is 1. The quantitative estimate of drug-likeness (QED) is 0.147. The predicted molar refractivity (Wildman–Crippen MR) is 134 cm³/mol. The van der Waals surface area contributed by atoms with E-state index in [1.54, 1.807) is 30.3 Å². The smallest absolute Gasteiger partial charge is 0.348 e. The Bertz CT molecular complexity index is 1470. The van der Waals surface area contributed by atoms with Gasteiger partial charge in [0.15, 0.2) is 23.3 Å². The highest BCUT2D eigenvalue weighted by molar-refractivity contribution is 6.28. The van der Waals surface area contributed by atoms with Gasteiger partial charge in [-0.3, -0.25) is 4.57 Å². The van der Waals surface area contributed by atoms with Crippen LogP contribution >= 0.6 is 11.6 Å². The third kappa shape index (κ3) is 4.88. The van der Waals surface area contributed by atoms with E-state index < -0.39 is 54.6 Å². The van der Waals surface area contributed by atoms with Crippen LogP contribution in [0.25, 0.3) is 11.2 Å². The van der Waals surface area contributed by atoms with Gasteiger partial charge in [0.1, 0.15) is 17.7 Å². The van der Waals surface area contributed by atoms with Gasteiger partial charge in [0.05, 0.1) is 12.9 Å². The number of carboxylic acid groups (broad SMARTS) is 2. The molecule has 1 aliphatic heterocycles. The summed E-state index contributed by atoms with van der Waals surface area (Å²) in [5, 5.41) is 42.5. The first-order valence-electron chi connectivity index (χ1n) is 11.9. The Balaban J connectivity index is 1.49. The van der Waals surface area contributed by atoms with Gasteiger partial charge in [-0.25, -0.2) is 14.6 Å². The lowest BCUT2D eigenvalue weighted by Gasteiger charge is -2.30. The van der Waals surface area contributed by atoms with Gasteiger partial charge in [-0.15, -0.1) is 0 Å². The number of aliphatic carboxylic acids is 2. The number of carbonyl (C=O) groups is 2. The van der Waals surface area contributed by atoms with Crippen LogP contribution < -0.4 is 5.73 Å².